The Bertz CT molecular complexity index is 1100. The number of alkyl halides is 1. The smallest absolute Gasteiger partial charge is 0.341 e. The number of anilines is 1. The van der Waals surface area contributed by atoms with Crippen LogP contribution in [-0.4, -0.2) is 51.9 Å². The highest BCUT2D eigenvalue weighted by molar-refractivity contribution is 6.38. The van der Waals surface area contributed by atoms with E-state index in [0.717, 1.165) is 25.1 Å². The molecule has 3 fully saturated rings. The van der Waals surface area contributed by atoms with Gasteiger partial charge in [0, 0.05) is 37.2 Å². The molecule has 3 aliphatic rings. The maximum atomic E-state index is 15.0. The summed E-state index contributed by atoms with van der Waals surface area (Å²) in [6, 6.07) is 0.308. The predicted octanol–water partition coefficient (Wildman–Crippen LogP) is 1.05. The van der Waals surface area contributed by atoms with Crippen molar-refractivity contribution in [2.75, 3.05) is 18.0 Å². The Labute approximate surface area is 174 Å². The van der Waals surface area contributed by atoms with Crippen LogP contribution in [0, 0.1) is 11.2 Å². The molecular formula is C19H22ClF2N3O5. The van der Waals surface area contributed by atoms with E-state index >= 15 is 4.39 Å². The molecule has 2 aliphatic carbocycles. The van der Waals surface area contributed by atoms with Crippen LogP contribution >= 0.6 is 11.6 Å². The van der Waals surface area contributed by atoms with Crippen LogP contribution < -0.4 is 16.1 Å². The number of pyridine rings is 1. The van der Waals surface area contributed by atoms with E-state index in [9.17, 15) is 19.1 Å². The molecule has 1 aromatic carbocycles. The van der Waals surface area contributed by atoms with Crippen LogP contribution in [0.3, 0.4) is 0 Å². The van der Waals surface area contributed by atoms with Gasteiger partial charge in [-0.15, -0.1) is 0 Å². The molecule has 5 rings (SSSR count). The Kier molecular flexibility index (Phi) is 5.35. The summed E-state index contributed by atoms with van der Waals surface area (Å²) in [5.74, 6) is -2.15. The van der Waals surface area contributed by atoms with E-state index in [0.29, 0.717) is 13.1 Å². The molecule has 1 aromatic heterocycles. The summed E-state index contributed by atoms with van der Waals surface area (Å²) in [5.41, 5.74) is 5.15. The topological polar surface area (TPSA) is 152 Å². The monoisotopic (exact) mass is 445 g/mol. The largest absolute Gasteiger partial charge is 0.477 e. The number of carbonyl (C=O) groups is 1. The van der Waals surface area contributed by atoms with Gasteiger partial charge < -0.3 is 31.3 Å². The van der Waals surface area contributed by atoms with Gasteiger partial charge in [-0.1, -0.05) is 11.6 Å². The van der Waals surface area contributed by atoms with Crippen molar-refractivity contribution < 1.29 is 29.6 Å². The molecule has 0 unspecified atom stereocenters. The molecule has 7 N–H and O–H groups in total. The Balaban J connectivity index is 0.00000128. The van der Waals surface area contributed by atoms with Crippen molar-refractivity contribution in [1.82, 2.24) is 4.57 Å². The maximum absolute atomic E-state index is 15.0. The lowest BCUT2D eigenvalue weighted by Crippen LogP contribution is -2.30. The Morgan fingerprint density at radius 3 is 2.47 bits per heavy atom. The number of hydrogen-bond donors (Lipinski definition) is 2. The minimum absolute atomic E-state index is 0. The lowest BCUT2D eigenvalue weighted by Gasteiger charge is -2.23. The second-order valence-corrected chi connectivity index (χ2v) is 8.55. The zero-order chi connectivity index (χ0) is 20.0. The van der Waals surface area contributed by atoms with Crippen LogP contribution in [0.1, 0.15) is 35.7 Å². The predicted molar refractivity (Wildman–Crippen MR) is 108 cm³/mol. The van der Waals surface area contributed by atoms with E-state index in [2.05, 4.69) is 0 Å². The van der Waals surface area contributed by atoms with Gasteiger partial charge in [0.25, 0.3) is 0 Å². The van der Waals surface area contributed by atoms with E-state index in [1.807, 2.05) is 0 Å². The van der Waals surface area contributed by atoms with Gasteiger partial charge in [0.2, 0.25) is 5.43 Å². The number of rotatable bonds is 3. The molecule has 2 aromatic rings. The van der Waals surface area contributed by atoms with Gasteiger partial charge in [0.05, 0.1) is 27.7 Å². The Morgan fingerprint density at radius 2 is 1.97 bits per heavy atom. The maximum Gasteiger partial charge on any atom is 0.341 e. The molecule has 0 bridgehead atoms. The minimum Gasteiger partial charge on any atom is -0.477 e. The Hall–Kier alpha value is -2.27. The fraction of sp³-hybridized carbons (Fsp3) is 0.474. The normalized spacial score (nSPS) is 25.7. The van der Waals surface area contributed by atoms with Gasteiger partial charge in [-0.25, -0.2) is 13.6 Å². The molecule has 1 aliphatic heterocycles. The summed E-state index contributed by atoms with van der Waals surface area (Å²) < 4.78 is 30.2. The van der Waals surface area contributed by atoms with Crippen molar-refractivity contribution in [3.05, 3.63) is 38.9 Å². The highest BCUT2D eigenvalue weighted by Gasteiger charge is 2.54. The lowest BCUT2D eigenvalue weighted by molar-refractivity contribution is 0.0694. The van der Waals surface area contributed by atoms with Crippen LogP contribution in [-0.2, 0) is 0 Å². The average Bonchev–Trinajstić information content (AvgIpc) is 3.51. The van der Waals surface area contributed by atoms with Crippen molar-refractivity contribution in [3.63, 3.8) is 0 Å². The molecule has 2 saturated carbocycles. The van der Waals surface area contributed by atoms with Crippen molar-refractivity contribution >= 4 is 34.2 Å². The number of hydrogen-bond acceptors (Lipinski definition) is 4. The molecule has 164 valence electrons. The summed E-state index contributed by atoms with van der Waals surface area (Å²) in [7, 11) is 0. The molecule has 8 nitrogen and oxygen atoms in total. The summed E-state index contributed by atoms with van der Waals surface area (Å²) >= 11 is 6.56. The molecule has 0 radical (unpaired) electrons. The SMILES string of the molecule is N[C@@H]1CN(c2c(F)cc3c(=O)c(C(=O)O)cn([C@@H]4C[C@@H]4F)c3c2Cl)CC12CC2.O.O. The lowest BCUT2D eigenvalue weighted by atomic mass is 10.0. The van der Waals surface area contributed by atoms with Gasteiger partial charge in [-0.05, 0) is 18.9 Å². The number of aromatic nitrogens is 1. The first kappa shape index (κ1) is 22.4. The molecule has 0 amide bonds. The van der Waals surface area contributed by atoms with E-state index in [4.69, 9.17) is 17.3 Å². The zero-order valence-electron chi connectivity index (χ0n) is 15.8. The van der Waals surface area contributed by atoms with E-state index < -0.39 is 35.0 Å². The molecule has 3 atom stereocenters. The van der Waals surface area contributed by atoms with Crippen molar-refractivity contribution in [2.45, 2.75) is 37.5 Å². The first-order valence-electron chi connectivity index (χ1n) is 9.18. The number of aromatic carboxylic acids is 1. The number of nitrogens with zero attached hydrogens (tertiary/aromatic N) is 2. The van der Waals surface area contributed by atoms with E-state index in [1.165, 1.54) is 4.57 Å². The third kappa shape index (κ3) is 3.06. The quantitative estimate of drug-likeness (QED) is 0.723. The van der Waals surface area contributed by atoms with Crippen LogP contribution in [0.4, 0.5) is 14.5 Å². The fourth-order valence-electron chi connectivity index (χ4n) is 4.43. The third-order valence-corrected chi connectivity index (χ3v) is 6.73. The van der Waals surface area contributed by atoms with Crippen molar-refractivity contribution in [2.24, 2.45) is 11.1 Å². The van der Waals surface area contributed by atoms with Crippen LogP contribution in [0.2, 0.25) is 5.02 Å². The number of fused-ring (bicyclic) bond motifs is 1. The Morgan fingerprint density at radius 1 is 1.33 bits per heavy atom. The van der Waals surface area contributed by atoms with Gasteiger partial charge in [0.1, 0.15) is 17.6 Å². The summed E-state index contributed by atoms with van der Waals surface area (Å²) in [6.07, 6.45) is 2.11. The molecule has 11 heteroatoms. The molecule has 1 spiro atoms. The van der Waals surface area contributed by atoms with Gasteiger partial charge in [-0.3, -0.25) is 4.79 Å². The van der Waals surface area contributed by atoms with Gasteiger partial charge in [0.15, 0.2) is 0 Å². The second kappa shape index (κ2) is 7.16. The number of benzene rings is 1. The van der Waals surface area contributed by atoms with Crippen LogP contribution in [0.15, 0.2) is 17.1 Å². The first-order valence-corrected chi connectivity index (χ1v) is 9.56. The summed E-state index contributed by atoms with van der Waals surface area (Å²) in [6.45, 7) is 1.01. The average molecular weight is 446 g/mol. The molecule has 1 saturated heterocycles. The number of carboxylic acid groups (broad SMARTS) is 1. The summed E-state index contributed by atoms with van der Waals surface area (Å²) in [5, 5.41) is 9.16. The standard InChI is InChI=1S/C19H18ClF2N3O3.2H2O/c20-14-15-8(17(26)9(18(27)28)5-25(15)12-4-10(12)21)3-11(22)16(14)24-6-13(23)19(7-24)1-2-19;;/h3,5,10,12-13H,1-2,4,6-7,23H2,(H,27,28);2*1H2/t10-,12+,13+;;/m0../s1. The number of halogens is 3. The minimum atomic E-state index is -1.45. The van der Waals surface area contributed by atoms with E-state index in [-0.39, 0.29) is 50.4 Å². The van der Waals surface area contributed by atoms with Crippen LogP contribution in [0.5, 0.6) is 0 Å². The van der Waals surface area contributed by atoms with Crippen LogP contribution in [0.25, 0.3) is 10.9 Å². The van der Waals surface area contributed by atoms with Gasteiger partial charge >= 0.3 is 5.97 Å². The number of carboxylic acids is 1. The molecule has 30 heavy (non-hydrogen) atoms. The second-order valence-electron chi connectivity index (χ2n) is 8.17. The van der Waals surface area contributed by atoms with E-state index in [1.54, 1.807) is 4.90 Å². The highest BCUT2D eigenvalue weighted by Crippen LogP contribution is 2.54. The third-order valence-electron chi connectivity index (χ3n) is 6.37. The zero-order valence-corrected chi connectivity index (χ0v) is 16.5. The number of nitrogens with two attached hydrogens (primary N) is 1. The summed E-state index contributed by atoms with van der Waals surface area (Å²) in [4.78, 5) is 25.8. The van der Waals surface area contributed by atoms with Crippen molar-refractivity contribution in [3.8, 4) is 0 Å². The van der Waals surface area contributed by atoms with Crippen molar-refractivity contribution in [1.29, 1.82) is 0 Å². The van der Waals surface area contributed by atoms with Gasteiger partial charge in [-0.2, -0.15) is 0 Å². The molecular weight excluding hydrogens is 424 g/mol. The first-order chi connectivity index (χ1) is 13.2. The molecule has 2 heterocycles. The highest BCUT2D eigenvalue weighted by atomic mass is 35.5. The fourth-order valence-corrected chi connectivity index (χ4v) is 4.84.